The molecule has 96 valence electrons. The highest BCUT2D eigenvalue weighted by Gasteiger charge is 2.11. The first-order valence-corrected chi connectivity index (χ1v) is 6.69. The van der Waals surface area contributed by atoms with Crippen molar-refractivity contribution in [1.29, 1.82) is 0 Å². The number of rotatable bonds is 7. The van der Waals surface area contributed by atoms with Crippen molar-refractivity contribution in [1.82, 2.24) is 15.3 Å². The fraction of sp³-hybridized carbons (Fsp3) is 0.714. The van der Waals surface area contributed by atoms with Crippen LogP contribution < -0.4 is 5.32 Å². The summed E-state index contributed by atoms with van der Waals surface area (Å²) >= 11 is 0. The highest BCUT2D eigenvalue weighted by Crippen LogP contribution is 2.09. The van der Waals surface area contributed by atoms with E-state index < -0.39 is 0 Å². The van der Waals surface area contributed by atoms with Gasteiger partial charge >= 0.3 is 0 Å². The largest absolute Gasteiger partial charge is 0.314 e. The predicted octanol–water partition coefficient (Wildman–Crippen LogP) is 2.80. The molecule has 0 bridgehead atoms. The summed E-state index contributed by atoms with van der Waals surface area (Å²) in [6.45, 7) is 9.57. The SMILES string of the molecule is CCCNC(CCC)Cc1nc(C)cnc1C. The Labute approximate surface area is 105 Å². The van der Waals surface area contributed by atoms with Crippen LogP contribution in [0.15, 0.2) is 6.20 Å². The third kappa shape index (κ3) is 4.82. The number of hydrogen-bond acceptors (Lipinski definition) is 3. The molecule has 0 saturated carbocycles. The highest BCUT2D eigenvalue weighted by atomic mass is 14.9. The topological polar surface area (TPSA) is 37.8 Å². The maximum absolute atomic E-state index is 4.60. The molecule has 3 heteroatoms. The van der Waals surface area contributed by atoms with Gasteiger partial charge in [0.1, 0.15) is 0 Å². The molecule has 0 spiro atoms. The summed E-state index contributed by atoms with van der Waals surface area (Å²) in [6.07, 6.45) is 6.43. The third-order valence-electron chi connectivity index (χ3n) is 2.93. The predicted molar refractivity (Wildman–Crippen MR) is 72.2 cm³/mol. The van der Waals surface area contributed by atoms with Gasteiger partial charge in [-0.05, 0) is 33.2 Å². The van der Waals surface area contributed by atoms with Crippen molar-refractivity contribution in [2.24, 2.45) is 0 Å². The summed E-state index contributed by atoms with van der Waals surface area (Å²) in [5, 5.41) is 3.60. The second-order valence-corrected chi connectivity index (χ2v) is 4.69. The Morgan fingerprint density at radius 3 is 2.65 bits per heavy atom. The van der Waals surface area contributed by atoms with Crippen molar-refractivity contribution in [3.63, 3.8) is 0 Å². The van der Waals surface area contributed by atoms with E-state index in [1.165, 1.54) is 19.3 Å². The van der Waals surface area contributed by atoms with Gasteiger partial charge in [0, 0.05) is 18.7 Å². The summed E-state index contributed by atoms with van der Waals surface area (Å²) in [6, 6.07) is 0.537. The molecule has 0 fully saturated rings. The van der Waals surface area contributed by atoms with Crippen LogP contribution in [0.5, 0.6) is 0 Å². The average Bonchev–Trinajstić information content (AvgIpc) is 2.31. The van der Waals surface area contributed by atoms with Crippen LogP contribution in [0.25, 0.3) is 0 Å². The zero-order chi connectivity index (χ0) is 12.7. The molecule has 3 nitrogen and oxygen atoms in total. The molecule has 0 aliphatic rings. The zero-order valence-electron chi connectivity index (χ0n) is 11.6. The molecular weight excluding hydrogens is 210 g/mol. The number of aromatic nitrogens is 2. The smallest absolute Gasteiger partial charge is 0.0634 e. The minimum Gasteiger partial charge on any atom is -0.314 e. The Kier molecular flexibility index (Phi) is 6.12. The minimum absolute atomic E-state index is 0.537. The molecular formula is C14H25N3. The van der Waals surface area contributed by atoms with Crippen molar-refractivity contribution >= 4 is 0 Å². The molecule has 0 saturated heterocycles. The first-order valence-electron chi connectivity index (χ1n) is 6.69. The van der Waals surface area contributed by atoms with E-state index in [2.05, 4.69) is 29.1 Å². The fourth-order valence-electron chi connectivity index (χ4n) is 1.99. The molecule has 1 atom stereocenters. The lowest BCUT2D eigenvalue weighted by molar-refractivity contribution is 0.467. The van der Waals surface area contributed by atoms with Crippen LogP contribution in [0.4, 0.5) is 0 Å². The fourth-order valence-corrected chi connectivity index (χ4v) is 1.99. The third-order valence-corrected chi connectivity index (χ3v) is 2.93. The second-order valence-electron chi connectivity index (χ2n) is 4.69. The van der Waals surface area contributed by atoms with Crippen molar-refractivity contribution < 1.29 is 0 Å². The van der Waals surface area contributed by atoms with Crippen LogP contribution in [-0.2, 0) is 6.42 Å². The molecule has 17 heavy (non-hydrogen) atoms. The van der Waals surface area contributed by atoms with Crippen LogP contribution in [0.1, 0.15) is 50.2 Å². The van der Waals surface area contributed by atoms with Gasteiger partial charge in [-0.2, -0.15) is 0 Å². The lowest BCUT2D eigenvalue weighted by Gasteiger charge is -2.18. The summed E-state index contributed by atoms with van der Waals surface area (Å²) in [4.78, 5) is 8.98. The van der Waals surface area contributed by atoms with E-state index in [-0.39, 0.29) is 0 Å². The average molecular weight is 235 g/mol. The zero-order valence-corrected chi connectivity index (χ0v) is 11.6. The van der Waals surface area contributed by atoms with Gasteiger partial charge in [0.05, 0.1) is 17.1 Å². The molecule has 1 rings (SSSR count). The van der Waals surface area contributed by atoms with Gasteiger partial charge in [0.2, 0.25) is 0 Å². The van der Waals surface area contributed by atoms with Crippen LogP contribution in [0.3, 0.4) is 0 Å². The maximum Gasteiger partial charge on any atom is 0.0634 e. The van der Waals surface area contributed by atoms with E-state index in [1.807, 2.05) is 20.0 Å². The van der Waals surface area contributed by atoms with E-state index in [9.17, 15) is 0 Å². The molecule has 0 amide bonds. The van der Waals surface area contributed by atoms with Gasteiger partial charge in [-0.25, -0.2) is 0 Å². The Balaban J connectivity index is 2.67. The van der Waals surface area contributed by atoms with Gasteiger partial charge in [0.25, 0.3) is 0 Å². The number of nitrogens with zero attached hydrogens (tertiary/aromatic N) is 2. The normalized spacial score (nSPS) is 12.7. The van der Waals surface area contributed by atoms with Crippen molar-refractivity contribution in [3.8, 4) is 0 Å². The molecule has 1 N–H and O–H groups in total. The quantitative estimate of drug-likeness (QED) is 0.789. The highest BCUT2D eigenvalue weighted by molar-refractivity contribution is 5.13. The standard InChI is InChI=1S/C14H25N3/c1-5-7-13(15-8-6-2)9-14-12(4)16-10-11(3)17-14/h10,13,15H,5-9H2,1-4H3. The van der Waals surface area contributed by atoms with Crippen molar-refractivity contribution in [2.45, 2.75) is 59.4 Å². The molecule has 1 aromatic rings. The molecule has 0 aliphatic heterocycles. The number of aryl methyl sites for hydroxylation is 2. The van der Waals surface area contributed by atoms with E-state index in [4.69, 9.17) is 0 Å². The molecule has 1 unspecified atom stereocenters. The van der Waals surface area contributed by atoms with E-state index in [0.29, 0.717) is 6.04 Å². The van der Waals surface area contributed by atoms with Gasteiger partial charge in [-0.15, -0.1) is 0 Å². The monoisotopic (exact) mass is 235 g/mol. The molecule has 0 aromatic carbocycles. The van der Waals surface area contributed by atoms with E-state index >= 15 is 0 Å². The van der Waals surface area contributed by atoms with Crippen molar-refractivity contribution in [2.75, 3.05) is 6.54 Å². The Hall–Kier alpha value is -0.960. The van der Waals surface area contributed by atoms with Crippen LogP contribution in [0, 0.1) is 13.8 Å². The molecule has 0 aliphatic carbocycles. The summed E-state index contributed by atoms with van der Waals surface area (Å²) < 4.78 is 0. The Morgan fingerprint density at radius 1 is 1.24 bits per heavy atom. The summed E-state index contributed by atoms with van der Waals surface area (Å²) in [7, 11) is 0. The number of nitrogens with one attached hydrogen (secondary N) is 1. The maximum atomic E-state index is 4.60. The number of hydrogen-bond donors (Lipinski definition) is 1. The van der Waals surface area contributed by atoms with Crippen LogP contribution in [0.2, 0.25) is 0 Å². The van der Waals surface area contributed by atoms with Gasteiger partial charge < -0.3 is 5.32 Å². The lowest BCUT2D eigenvalue weighted by atomic mass is 10.0. The summed E-state index contributed by atoms with van der Waals surface area (Å²) in [5.74, 6) is 0. The summed E-state index contributed by atoms with van der Waals surface area (Å²) in [5.41, 5.74) is 3.22. The van der Waals surface area contributed by atoms with E-state index in [0.717, 1.165) is 30.0 Å². The van der Waals surface area contributed by atoms with Gasteiger partial charge in [-0.1, -0.05) is 20.3 Å². The molecule has 1 aromatic heterocycles. The van der Waals surface area contributed by atoms with Gasteiger partial charge in [0.15, 0.2) is 0 Å². The Morgan fingerprint density at radius 2 is 2.00 bits per heavy atom. The van der Waals surface area contributed by atoms with Gasteiger partial charge in [-0.3, -0.25) is 9.97 Å². The first kappa shape index (κ1) is 14.1. The van der Waals surface area contributed by atoms with Crippen molar-refractivity contribution in [3.05, 3.63) is 23.3 Å². The van der Waals surface area contributed by atoms with Crippen LogP contribution in [-0.4, -0.2) is 22.6 Å². The lowest BCUT2D eigenvalue weighted by Crippen LogP contribution is -2.32. The second kappa shape index (κ2) is 7.38. The molecule has 1 heterocycles. The van der Waals surface area contributed by atoms with Crippen LogP contribution >= 0.6 is 0 Å². The minimum atomic E-state index is 0.537. The van der Waals surface area contributed by atoms with E-state index in [1.54, 1.807) is 0 Å². The Bertz CT molecular complexity index is 336. The molecule has 0 radical (unpaired) electrons. The first-order chi connectivity index (χ1) is 8.17.